The quantitative estimate of drug-likeness (QED) is 0.723. The van der Waals surface area contributed by atoms with Crippen molar-refractivity contribution in [2.45, 2.75) is 0 Å². The van der Waals surface area contributed by atoms with Crippen LogP contribution in [0.5, 0.6) is 0 Å². The Morgan fingerprint density at radius 1 is 1.60 bits per heavy atom. The summed E-state index contributed by atoms with van der Waals surface area (Å²) in [6.45, 7) is 0. The second-order valence-electron chi connectivity index (χ2n) is 3.12. The van der Waals surface area contributed by atoms with Gasteiger partial charge in [0, 0.05) is 19.0 Å². The number of amidine groups is 1. The molecule has 0 saturated carbocycles. The highest BCUT2D eigenvalue weighted by Crippen LogP contribution is 2.17. The zero-order chi connectivity index (χ0) is 10.8. The van der Waals surface area contributed by atoms with Gasteiger partial charge in [-0.1, -0.05) is 6.07 Å². The fraction of sp³-hybridized carbons (Fsp3) is 0.200. The van der Waals surface area contributed by atoms with Gasteiger partial charge in [0.25, 0.3) is 5.91 Å². The Kier molecular flexibility index (Phi) is 2.55. The van der Waals surface area contributed by atoms with Crippen LogP contribution in [0.3, 0.4) is 0 Å². The summed E-state index contributed by atoms with van der Waals surface area (Å²) in [7, 11) is 3.35. The number of hydrogen-bond donors (Lipinski definition) is 1. The molecule has 1 aromatic heterocycles. The largest absolute Gasteiger partial charge is 0.279 e. The summed E-state index contributed by atoms with van der Waals surface area (Å²) in [6, 6.07) is 3.92. The van der Waals surface area contributed by atoms with Gasteiger partial charge in [0.15, 0.2) is 5.84 Å². The number of hydrogen-bond acceptors (Lipinski definition) is 3. The first kappa shape index (κ1) is 9.92. The van der Waals surface area contributed by atoms with Crippen LogP contribution in [-0.2, 0) is 4.79 Å². The van der Waals surface area contributed by atoms with E-state index in [0.29, 0.717) is 11.4 Å². The zero-order valence-electron chi connectivity index (χ0n) is 8.52. The molecule has 1 aliphatic rings. The number of carbonyl (C=O) groups excluding carboxylic acids is 1. The number of amides is 1. The van der Waals surface area contributed by atoms with Crippen molar-refractivity contribution >= 4 is 29.2 Å². The van der Waals surface area contributed by atoms with Crippen LogP contribution in [0.1, 0.15) is 4.88 Å². The van der Waals surface area contributed by atoms with Crippen molar-refractivity contribution in [1.82, 2.24) is 10.4 Å². The second-order valence-corrected chi connectivity index (χ2v) is 4.10. The average molecular weight is 221 g/mol. The van der Waals surface area contributed by atoms with Crippen molar-refractivity contribution in [3.05, 3.63) is 28.0 Å². The van der Waals surface area contributed by atoms with Gasteiger partial charge in [0.1, 0.15) is 0 Å². The lowest BCUT2D eigenvalue weighted by Crippen LogP contribution is -2.31. The van der Waals surface area contributed by atoms with Crippen molar-refractivity contribution in [3.63, 3.8) is 0 Å². The average Bonchev–Trinajstić information content (AvgIpc) is 2.82. The van der Waals surface area contributed by atoms with Crippen LogP contribution in [0.15, 0.2) is 28.1 Å². The monoisotopic (exact) mass is 221 g/mol. The molecule has 1 N–H and O–H groups in total. The third kappa shape index (κ3) is 1.78. The number of thiophene rings is 1. The normalized spacial score (nSPS) is 21.5. The molecule has 1 aromatic rings. The number of nitrogens with zero attached hydrogens (tertiary/aromatic N) is 2. The summed E-state index contributed by atoms with van der Waals surface area (Å²) in [5.41, 5.74) is 3.50. The highest BCUT2D eigenvalue weighted by Gasteiger charge is 2.28. The SMILES string of the molecule is CN=C1NN(C)C(=O)/C1=C\c1cccs1. The van der Waals surface area contributed by atoms with Crippen molar-refractivity contribution in [2.24, 2.45) is 4.99 Å². The van der Waals surface area contributed by atoms with Gasteiger partial charge in [-0.05, 0) is 17.5 Å². The summed E-state index contributed by atoms with van der Waals surface area (Å²) in [4.78, 5) is 16.8. The molecule has 0 atom stereocenters. The lowest BCUT2D eigenvalue weighted by Gasteiger charge is -2.05. The van der Waals surface area contributed by atoms with Gasteiger partial charge in [-0.2, -0.15) is 0 Å². The third-order valence-corrected chi connectivity index (χ3v) is 2.94. The van der Waals surface area contributed by atoms with Gasteiger partial charge in [0.05, 0.1) is 5.57 Å². The van der Waals surface area contributed by atoms with Crippen molar-refractivity contribution < 1.29 is 4.79 Å². The maximum absolute atomic E-state index is 11.7. The fourth-order valence-electron chi connectivity index (χ4n) is 1.37. The first-order chi connectivity index (χ1) is 7.22. The smallest absolute Gasteiger partial charge is 0.275 e. The number of carbonyl (C=O) groups is 1. The molecule has 0 bridgehead atoms. The first-order valence-corrected chi connectivity index (χ1v) is 5.37. The molecule has 2 heterocycles. The number of nitrogens with one attached hydrogen (secondary N) is 1. The molecule has 1 amide bonds. The van der Waals surface area contributed by atoms with Crippen LogP contribution in [0.25, 0.3) is 6.08 Å². The highest BCUT2D eigenvalue weighted by atomic mass is 32.1. The summed E-state index contributed by atoms with van der Waals surface area (Å²) >= 11 is 1.60. The van der Waals surface area contributed by atoms with E-state index in [2.05, 4.69) is 10.4 Å². The molecule has 2 rings (SSSR count). The molecular weight excluding hydrogens is 210 g/mol. The second kappa shape index (κ2) is 3.86. The van der Waals surface area contributed by atoms with Crippen LogP contribution < -0.4 is 5.43 Å². The molecule has 4 nitrogen and oxygen atoms in total. The van der Waals surface area contributed by atoms with Gasteiger partial charge in [-0.15, -0.1) is 11.3 Å². The van der Waals surface area contributed by atoms with E-state index in [-0.39, 0.29) is 5.91 Å². The minimum absolute atomic E-state index is 0.0519. The van der Waals surface area contributed by atoms with Gasteiger partial charge < -0.3 is 0 Å². The molecule has 15 heavy (non-hydrogen) atoms. The summed E-state index contributed by atoms with van der Waals surface area (Å²) in [6.07, 6.45) is 1.85. The highest BCUT2D eigenvalue weighted by molar-refractivity contribution is 7.10. The predicted molar refractivity (Wildman–Crippen MR) is 61.6 cm³/mol. The van der Waals surface area contributed by atoms with Crippen LogP contribution in [-0.4, -0.2) is 30.8 Å². The van der Waals surface area contributed by atoms with E-state index in [4.69, 9.17) is 0 Å². The topological polar surface area (TPSA) is 44.7 Å². The third-order valence-electron chi connectivity index (χ3n) is 2.12. The van der Waals surface area contributed by atoms with Crippen LogP contribution in [0.2, 0.25) is 0 Å². The van der Waals surface area contributed by atoms with E-state index in [0.717, 1.165) is 4.88 Å². The number of rotatable bonds is 1. The summed E-state index contributed by atoms with van der Waals surface area (Å²) in [5.74, 6) is 0.569. The lowest BCUT2D eigenvalue weighted by atomic mass is 10.2. The Morgan fingerprint density at radius 3 is 3.00 bits per heavy atom. The maximum Gasteiger partial charge on any atom is 0.275 e. The molecule has 1 aliphatic heterocycles. The fourth-order valence-corrected chi connectivity index (χ4v) is 2.03. The Balaban J connectivity index is 2.39. The van der Waals surface area contributed by atoms with E-state index in [1.165, 1.54) is 5.01 Å². The van der Waals surface area contributed by atoms with Crippen LogP contribution in [0.4, 0.5) is 0 Å². The van der Waals surface area contributed by atoms with Crippen LogP contribution >= 0.6 is 11.3 Å². The number of aliphatic imine (C=N–C) groups is 1. The van der Waals surface area contributed by atoms with E-state index >= 15 is 0 Å². The van der Waals surface area contributed by atoms with Gasteiger partial charge in [-0.3, -0.25) is 20.2 Å². The van der Waals surface area contributed by atoms with E-state index in [1.807, 2.05) is 23.6 Å². The van der Waals surface area contributed by atoms with E-state index in [1.54, 1.807) is 25.4 Å². The zero-order valence-corrected chi connectivity index (χ0v) is 9.34. The Hall–Kier alpha value is -1.62. The molecule has 5 heteroatoms. The minimum Gasteiger partial charge on any atom is -0.279 e. The van der Waals surface area contributed by atoms with Gasteiger partial charge >= 0.3 is 0 Å². The molecule has 0 spiro atoms. The number of likely N-dealkylation sites (N-methyl/N-ethyl adjacent to an activating group) is 1. The number of hydrazine groups is 1. The first-order valence-electron chi connectivity index (χ1n) is 4.49. The molecule has 0 aliphatic carbocycles. The van der Waals surface area contributed by atoms with Gasteiger partial charge in [-0.25, -0.2) is 0 Å². The molecule has 1 fully saturated rings. The Morgan fingerprint density at radius 2 is 2.40 bits per heavy atom. The molecule has 78 valence electrons. The molecule has 0 aromatic carbocycles. The summed E-state index contributed by atoms with van der Waals surface area (Å²) < 4.78 is 0. The van der Waals surface area contributed by atoms with E-state index in [9.17, 15) is 4.79 Å². The van der Waals surface area contributed by atoms with Crippen LogP contribution in [0, 0.1) is 0 Å². The summed E-state index contributed by atoms with van der Waals surface area (Å²) in [5, 5.41) is 3.41. The lowest BCUT2D eigenvalue weighted by molar-refractivity contribution is -0.125. The predicted octanol–water partition coefficient (Wildman–Crippen LogP) is 1.14. The van der Waals surface area contributed by atoms with Gasteiger partial charge in [0.2, 0.25) is 0 Å². The minimum atomic E-state index is -0.0519. The molecule has 1 saturated heterocycles. The Bertz CT molecular complexity index is 434. The van der Waals surface area contributed by atoms with Crippen molar-refractivity contribution in [1.29, 1.82) is 0 Å². The maximum atomic E-state index is 11.7. The van der Waals surface area contributed by atoms with Crippen molar-refractivity contribution in [2.75, 3.05) is 14.1 Å². The molecule has 0 radical (unpaired) electrons. The standard InChI is InChI=1S/C10H11N3OS/c1-11-9-8(10(14)13(2)12-9)6-7-4-3-5-15-7/h3-6H,1-2H3,(H,11,12)/b8-6-. The molecule has 0 unspecified atom stereocenters. The van der Waals surface area contributed by atoms with Crippen molar-refractivity contribution in [3.8, 4) is 0 Å². The Labute approximate surface area is 91.9 Å². The van der Waals surface area contributed by atoms with E-state index < -0.39 is 0 Å². The molecular formula is C10H11N3OS.